The minimum absolute atomic E-state index is 0.0135. The maximum Gasteiger partial charge on any atom is 0.225 e. The molecule has 1 aliphatic carbocycles. The Bertz CT molecular complexity index is 1140. The van der Waals surface area contributed by atoms with Crippen molar-refractivity contribution in [2.45, 2.75) is 45.2 Å². The van der Waals surface area contributed by atoms with Gasteiger partial charge in [-0.1, -0.05) is 29.8 Å². The molecule has 0 unspecified atom stereocenters. The highest BCUT2D eigenvalue weighted by Crippen LogP contribution is 2.29. The van der Waals surface area contributed by atoms with Crippen LogP contribution in [0.3, 0.4) is 0 Å². The molecule has 0 aliphatic heterocycles. The Morgan fingerprint density at radius 1 is 1.03 bits per heavy atom. The molecule has 174 valence electrons. The first kappa shape index (κ1) is 22.9. The van der Waals surface area contributed by atoms with E-state index in [1.54, 1.807) is 19.0 Å². The van der Waals surface area contributed by atoms with Gasteiger partial charge in [-0.05, 0) is 44.2 Å². The molecule has 1 heterocycles. The Hall–Kier alpha value is -3.29. The zero-order valence-electron chi connectivity index (χ0n) is 19.2. The highest BCUT2D eigenvalue weighted by atomic mass is 19.2. The number of aryl methyl sites for hydroxylation is 1. The van der Waals surface area contributed by atoms with Crippen LogP contribution in [0.1, 0.15) is 36.8 Å². The van der Waals surface area contributed by atoms with Gasteiger partial charge in [0.15, 0.2) is 11.6 Å². The standard InChI is InChI=1S/C25H29F2N5O/c1-15-4-6-16(7-5-15)14-28-24(33)17-8-10-18(11-9-17)29-25-30-22-13-21(27)20(26)12-19(22)23(31-25)32(2)3/h4-7,12-13,17-18H,8-11,14H2,1-3H3,(H,28,33)(H,29,30,31)/t17-,18+. The fourth-order valence-electron chi connectivity index (χ4n) is 4.23. The van der Waals surface area contributed by atoms with Crippen molar-refractivity contribution in [1.82, 2.24) is 15.3 Å². The van der Waals surface area contributed by atoms with E-state index in [2.05, 4.69) is 20.6 Å². The lowest BCUT2D eigenvalue weighted by molar-refractivity contribution is -0.126. The lowest BCUT2D eigenvalue weighted by Crippen LogP contribution is -2.35. The number of amides is 1. The molecular weight excluding hydrogens is 424 g/mol. The van der Waals surface area contributed by atoms with Crippen LogP contribution < -0.4 is 15.5 Å². The van der Waals surface area contributed by atoms with E-state index in [1.165, 1.54) is 5.56 Å². The normalized spacial score (nSPS) is 18.2. The average molecular weight is 454 g/mol. The molecule has 8 heteroatoms. The van der Waals surface area contributed by atoms with Crippen LogP contribution in [0.2, 0.25) is 0 Å². The third-order valence-electron chi connectivity index (χ3n) is 6.16. The summed E-state index contributed by atoms with van der Waals surface area (Å²) in [7, 11) is 3.60. The van der Waals surface area contributed by atoms with E-state index in [0.29, 0.717) is 29.2 Å². The zero-order valence-corrected chi connectivity index (χ0v) is 19.2. The predicted molar refractivity (Wildman–Crippen MR) is 126 cm³/mol. The molecule has 1 aromatic heterocycles. The number of benzene rings is 2. The van der Waals surface area contributed by atoms with Crippen LogP contribution in [0.15, 0.2) is 36.4 Å². The van der Waals surface area contributed by atoms with E-state index in [1.807, 2.05) is 31.2 Å². The Kier molecular flexibility index (Phi) is 6.72. The SMILES string of the molecule is Cc1ccc(CNC(=O)[C@H]2CC[C@@H](Nc3nc(N(C)C)c4cc(F)c(F)cc4n3)CC2)cc1. The topological polar surface area (TPSA) is 70.2 Å². The van der Waals surface area contributed by atoms with Gasteiger partial charge in [0.1, 0.15) is 5.82 Å². The number of nitrogens with zero attached hydrogens (tertiary/aromatic N) is 3. The highest BCUT2D eigenvalue weighted by Gasteiger charge is 2.27. The van der Waals surface area contributed by atoms with Gasteiger partial charge >= 0.3 is 0 Å². The lowest BCUT2D eigenvalue weighted by atomic mass is 9.85. The van der Waals surface area contributed by atoms with Gasteiger partial charge < -0.3 is 15.5 Å². The lowest BCUT2D eigenvalue weighted by Gasteiger charge is -2.28. The molecule has 1 fully saturated rings. The van der Waals surface area contributed by atoms with E-state index in [0.717, 1.165) is 43.4 Å². The third kappa shape index (κ3) is 5.38. The summed E-state index contributed by atoms with van der Waals surface area (Å²) in [6.07, 6.45) is 3.15. The monoisotopic (exact) mass is 453 g/mol. The minimum Gasteiger partial charge on any atom is -0.362 e. The van der Waals surface area contributed by atoms with Crippen molar-refractivity contribution in [2.24, 2.45) is 5.92 Å². The molecule has 4 rings (SSSR count). The molecule has 3 aromatic rings. The van der Waals surface area contributed by atoms with E-state index < -0.39 is 11.6 Å². The van der Waals surface area contributed by atoms with E-state index >= 15 is 0 Å². The number of hydrogen-bond acceptors (Lipinski definition) is 5. The largest absolute Gasteiger partial charge is 0.362 e. The van der Waals surface area contributed by atoms with E-state index in [9.17, 15) is 13.6 Å². The van der Waals surface area contributed by atoms with E-state index in [4.69, 9.17) is 0 Å². The number of carbonyl (C=O) groups excluding carboxylic acids is 1. The number of anilines is 2. The van der Waals surface area contributed by atoms with Gasteiger partial charge in [-0.2, -0.15) is 4.98 Å². The molecule has 2 N–H and O–H groups in total. The second-order valence-electron chi connectivity index (χ2n) is 8.95. The van der Waals surface area contributed by atoms with Gasteiger partial charge in [0.25, 0.3) is 0 Å². The first-order chi connectivity index (χ1) is 15.8. The molecule has 2 aromatic carbocycles. The molecule has 0 bridgehead atoms. The summed E-state index contributed by atoms with van der Waals surface area (Å²) >= 11 is 0. The smallest absolute Gasteiger partial charge is 0.225 e. The molecule has 0 saturated heterocycles. The average Bonchev–Trinajstić information content (AvgIpc) is 2.79. The van der Waals surface area contributed by atoms with Crippen LogP contribution in [0.25, 0.3) is 10.9 Å². The number of carbonyl (C=O) groups is 1. The summed E-state index contributed by atoms with van der Waals surface area (Å²) in [5.74, 6) is -0.887. The highest BCUT2D eigenvalue weighted by molar-refractivity contribution is 5.90. The third-order valence-corrected chi connectivity index (χ3v) is 6.16. The number of hydrogen-bond donors (Lipinski definition) is 2. The molecule has 1 saturated carbocycles. The summed E-state index contributed by atoms with van der Waals surface area (Å²) in [6.45, 7) is 2.57. The van der Waals surface area contributed by atoms with Gasteiger partial charge in [0.05, 0.1) is 5.52 Å². The first-order valence-corrected chi connectivity index (χ1v) is 11.2. The molecule has 0 spiro atoms. The van der Waals surface area contributed by atoms with Crippen LogP contribution in [0.5, 0.6) is 0 Å². The van der Waals surface area contributed by atoms with Crippen molar-refractivity contribution in [3.05, 3.63) is 59.2 Å². The van der Waals surface area contributed by atoms with Crippen LogP contribution in [-0.4, -0.2) is 36.0 Å². The maximum atomic E-state index is 13.8. The molecule has 1 amide bonds. The Balaban J connectivity index is 1.37. The molecular formula is C25H29F2N5O. The van der Waals surface area contributed by atoms with Gasteiger partial charge in [-0.15, -0.1) is 0 Å². The number of rotatable bonds is 6. The van der Waals surface area contributed by atoms with Gasteiger partial charge in [-0.25, -0.2) is 13.8 Å². The molecule has 1 aliphatic rings. The number of aromatic nitrogens is 2. The van der Waals surface area contributed by atoms with Crippen molar-refractivity contribution >= 4 is 28.6 Å². The van der Waals surface area contributed by atoms with Crippen LogP contribution in [0, 0.1) is 24.5 Å². The molecule has 6 nitrogen and oxygen atoms in total. The Morgan fingerprint density at radius 3 is 2.36 bits per heavy atom. The quantitative estimate of drug-likeness (QED) is 0.572. The fourth-order valence-corrected chi connectivity index (χ4v) is 4.23. The summed E-state index contributed by atoms with van der Waals surface area (Å²) < 4.78 is 27.5. The predicted octanol–water partition coefficient (Wildman–Crippen LogP) is 4.57. The number of fused-ring (bicyclic) bond motifs is 1. The van der Waals surface area contributed by atoms with Crippen LogP contribution >= 0.6 is 0 Å². The summed E-state index contributed by atoms with van der Waals surface area (Å²) in [6, 6.07) is 10.5. The van der Waals surface area contributed by atoms with Gasteiger partial charge in [0.2, 0.25) is 11.9 Å². The Labute approximate surface area is 192 Å². The van der Waals surface area contributed by atoms with Crippen LogP contribution in [-0.2, 0) is 11.3 Å². The number of nitrogens with one attached hydrogen (secondary N) is 2. The fraction of sp³-hybridized carbons (Fsp3) is 0.400. The van der Waals surface area contributed by atoms with Crippen molar-refractivity contribution < 1.29 is 13.6 Å². The van der Waals surface area contributed by atoms with Gasteiger partial charge in [0, 0.05) is 44.1 Å². The second kappa shape index (κ2) is 9.68. The van der Waals surface area contributed by atoms with Crippen LogP contribution in [0.4, 0.5) is 20.5 Å². The minimum atomic E-state index is -0.936. The van der Waals surface area contributed by atoms with Crippen molar-refractivity contribution in [1.29, 1.82) is 0 Å². The summed E-state index contributed by atoms with van der Waals surface area (Å²) in [5.41, 5.74) is 2.63. The zero-order chi connectivity index (χ0) is 23.5. The van der Waals surface area contributed by atoms with Crippen molar-refractivity contribution in [2.75, 3.05) is 24.3 Å². The second-order valence-corrected chi connectivity index (χ2v) is 8.95. The summed E-state index contributed by atoms with van der Waals surface area (Å²) in [5, 5.41) is 6.83. The molecule has 0 atom stereocenters. The molecule has 0 radical (unpaired) electrons. The Morgan fingerprint density at radius 2 is 1.70 bits per heavy atom. The van der Waals surface area contributed by atoms with Gasteiger partial charge in [-0.3, -0.25) is 4.79 Å². The first-order valence-electron chi connectivity index (χ1n) is 11.2. The summed E-state index contributed by atoms with van der Waals surface area (Å²) in [4.78, 5) is 23.3. The van der Waals surface area contributed by atoms with Crippen molar-refractivity contribution in [3.8, 4) is 0 Å². The number of halogens is 2. The molecule has 33 heavy (non-hydrogen) atoms. The van der Waals surface area contributed by atoms with E-state index in [-0.39, 0.29) is 17.9 Å². The maximum absolute atomic E-state index is 13.8. The van der Waals surface area contributed by atoms with Crippen molar-refractivity contribution in [3.63, 3.8) is 0 Å².